The summed E-state index contributed by atoms with van der Waals surface area (Å²) in [5.41, 5.74) is 2.32. The van der Waals surface area contributed by atoms with E-state index >= 15 is 0 Å². The summed E-state index contributed by atoms with van der Waals surface area (Å²) in [7, 11) is 0. The molecule has 0 spiro atoms. The van der Waals surface area contributed by atoms with E-state index in [-0.39, 0.29) is 34.2 Å². The highest BCUT2D eigenvalue weighted by atomic mass is 35.5. The van der Waals surface area contributed by atoms with E-state index < -0.39 is 10.9 Å². The molecule has 4 rings (SSSR count). The molecule has 0 radical (unpaired) electrons. The van der Waals surface area contributed by atoms with Crippen LogP contribution in [0, 0.1) is 16.0 Å². The van der Waals surface area contributed by atoms with Crippen molar-refractivity contribution in [1.29, 1.82) is 0 Å². The molecular weight excluding hydrogens is 356 g/mol. The van der Waals surface area contributed by atoms with Gasteiger partial charge in [-0.25, -0.2) is 4.79 Å². The van der Waals surface area contributed by atoms with E-state index in [1.807, 2.05) is 18.2 Å². The summed E-state index contributed by atoms with van der Waals surface area (Å²) >= 11 is 6.33. The topological polar surface area (TPSA) is 92.5 Å². The molecule has 2 N–H and O–H groups in total. The number of halogens is 1. The lowest BCUT2D eigenvalue weighted by Gasteiger charge is -2.38. The van der Waals surface area contributed by atoms with Crippen molar-refractivity contribution in [2.24, 2.45) is 5.92 Å². The Morgan fingerprint density at radius 3 is 2.77 bits per heavy atom. The van der Waals surface area contributed by atoms with Crippen LogP contribution < -0.4 is 5.32 Å². The zero-order valence-electron chi connectivity index (χ0n) is 13.6. The lowest BCUT2D eigenvalue weighted by atomic mass is 9.76. The molecule has 1 aliphatic heterocycles. The number of nitro groups is 1. The molecule has 132 valence electrons. The molecule has 2 aromatic rings. The lowest BCUT2D eigenvalue weighted by Crippen LogP contribution is -2.30. The zero-order valence-corrected chi connectivity index (χ0v) is 14.3. The molecule has 6 nitrogen and oxygen atoms in total. The summed E-state index contributed by atoms with van der Waals surface area (Å²) in [5.74, 6) is -0.956. The maximum atomic E-state index is 11.6. The molecule has 0 saturated carbocycles. The van der Waals surface area contributed by atoms with Gasteiger partial charge in [0.1, 0.15) is 0 Å². The van der Waals surface area contributed by atoms with Crippen LogP contribution in [0.1, 0.15) is 39.9 Å². The van der Waals surface area contributed by atoms with Crippen LogP contribution in [0.5, 0.6) is 0 Å². The number of nitrogens with zero attached hydrogens (tertiary/aromatic N) is 1. The van der Waals surface area contributed by atoms with Crippen LogP contribution in [0.25, 0.3) is 0 Å². The number of rotatable bonds is 3. The predicted molar refractivity (Wildman–Crippen MR) is 97.9 cm³/mol. The number of nitro benzene ring substituents is 1. The first-order chi connectivity index (χ1) is 12.5. The Bertz CT molecular complexity index is 957. The molecule has 0 saturated heterocycles. The van der Waals surface area contributed by atoms with Crippen LogP contribution in [0.2, 0.25) is 5.02 Å². The fraction of sp³-hybridized carbons (Fsp3) is 0.211. The van der Waals surface area contributed by atoms with Gasteiger partial charge in [-0.3, -0.25) is 10.1 Å². The molecule has 3 atom stereocenters. The summed E-state index contributed by atoms with van der Waals surface area (Å²) in [4.78, 5) is 22.4. The fourth-order valence-corrected chi connectivity index (χ4v) is 4.29. The minimum atomic E-state index is -0.981. The van der Waals surface area contributed by atoms with Gasteiger partial charge in [-0.15, -0.1) is 0 Å². The van der Waals surface area contributed by atoms with E-state index in [1.54, 1.807) is 24.3 Å². The van der Waals surface area contributed by atoms with Crippen molar-refractivity contribution in [2.45, 2.75) is 18.4 Å². The standard InChI is InChI=1S/C19H15ClN2O4/c20-16-9-10(22(25)26)8-15-11-6-3-7-12(11)17(21-18(15)16)13-4-1-2-5-14(13)19(23)24/h1-6,8-9,11-12,17,21H,7H2,(H,23,24)/t11-,12+,17+/m0/s1. The van der Waals surface area contributed by atoms with Crippen molar-refractivity contribution in [3.05, 3.63) is 80.4 Å². The highest BCUT2D eigenvalue weighted by molar-refractivity contribution is 6.33. The monoisotopic (exact) mass is 370 g/mol. The molecule has 0 aromatic heterocycles. The van der Waals surface area contributed by atoms with Gasteiger partial charge in [-0.1, -0.05) is 42.0 Å². The van der Waals surface area contributed by atoms with Gasteiger partial charge < -0.3 is 10.4 Å². The highest BCUT2D eigenvalue weighted by Crippen LogP contribution is 2.52. The second-order valence-electron chi connectivity index (χ2n) is 6.52. The number of allylic oxidation sites excluding steroid dienone is 2. The summed E-state index contributed by atoms with van der Waals surface area (Å²) in [6.07, 6.45) is 4.83. The van der Waals surface area contributed by atoms with Gasteiger partial charge in [0.25, 0.3) is 5.69 Å². The largest absolute Gasteiger partial charge is 0.478 e. The first-order valence-electron chi connectivity index (χ1n) is 8.20. The van der Waals surface area contributed by atoms with Crippen LogP contribution >= 0.6 is 11.6 Å². The average Bonchev–Trinajstić information content (AvgIpc) is 3.11. The van der Waals surface area contributed by atoms with Gasteiger partial charge in [0.15, 0.2) is 0 Å². The van der Waals surface area contributed by atoms with Crippen LogP contribution in [0.3, 0.4) is 0 Å². The molecule has 0 fully saturated rings. The molecule has 2 aromatic carbocycles. The van der Waals surface area contributed by atoms with Crippen LogP contribution in [0.4, 0.5) is 11.4 Å². The minimum absolute atomic E-state index is 0.0426. The molecule has 7 heteroatoms. The first kappa shape index (κ1) is 16.6. The number of nitrogens with one attached hydrogen (secondary N) is 1. The van der Waals surface area contributed by atoms with Crippen LogP contribution in [-0.2, 0) is 0 Å². The third-order valence-electron chi connectivity index (χ3n) is 5.14. The van der Waals surface area contributed by atoms with E-state index in [0.717, 1.165) is 12.0 Å². The number of carboxylic acid groups (broad SMARTS) is 1. The number of hydrogen-bond donors (Lipinski definition) is 2. The van der Waals surface area contributed by atoms with Crippen molar-refractivity contribution < 1.29 is 14.8 Å². The second-order valence-corrected chi connectivity index (χ2v) is 6.92. The Labute approximate surface area is 154 Å². The zero-order chi connectivity index (χ0) is 18.4. The van der Waals surface area contributed by atoms with Gasteiger partial charge in [-0.2, -0.15) is 0 Å². The quantitative estimate of drug-likeness (QED) is 0.461. The third-order valence-corrected chi connectivity index (χ3v) is 5.44. The average molecular weight is 371 g/mol. The van der Waals surface area contributed by atoms with Crippen molar-refractivity contribution in [3.63, 3.8) is 0 Å². The Hall–Kier alpha value is -2.86. The van der Waals surface area contributed by atoms with E-state index in [2.05, 4.69) is 5.32 Å². The Kier molecular flexibility index (Phi) is 3.92. The van der Waals surface area contributed by atoms with Gasteiger partial charge in [0.05, 0.1) is 27.2 Å². The van der Waals surface area contributed by atoms with E-state index in [1.165, 1.54) is 6.07 Å². The Morgan fingerprint density at radius 1 is 1.27 bits per heavy atom. The number of aromatic carboxylic acids is 1. The summed E-state index contributed by atoms with van der Waals surface area (Å²) in [6.45, 7) is 0. The van der Waals surface area contributed by atoms with E-state index in [9.17, 15) is 20.0 Å². The van der Waals surface area contributed by atoms with Gasteiger partial charge in [0.2, 0.25) is 0 Å². The summed E-state index contributed by atoms with van der Waals surface area (Å²) in [6, 6.07) is 9.55. The summed E-state index contributed by atoms with van der Waals surface area (Å²) < 4.78 is 0. The number of benzene rings is 2. The lowest BCUT2D eigenvalue weighted by molar-refractivity contribution is -0.384. The SMILES string of the molecule is O=C(O)c1ccccc1[C@@H]1Nc2c(Cl)cc([N+](=O)[O-])cc2[C@H]2C=CC[C@H]21. The van der Waals surface area contributed by atoms with E-state index in [0.29, 0.717) is 11.3 Å². The normalized spacial score (nSPS) is 23.0. The van der Waals surface area contributed by atoms with Crippen molar-refractivity contribution in [3.8, 4) is 0 Å². The molecule has 26 heavy (non-hydrogen) atoms. The number of non-ortho nitro benzene ring substituents is 1. The number of carbonyl (C=O) groups is 1. The molecule has 0 bridgehead atoms. The maximum absolute atomic E-state index is 11.6. The van der Waals surface area contributed by atoms with Gasteiger partial charge in [0, 0.05) is 18.1 Å². The molecular formula is C19H15ClN2O4. The van der Waals surface area contributed by atoms with Gasteiger partial charge >= 0.3 is 5.97 Å². The molecule has 0 amide bonds. The maximum Gasteiger partial charge on any atom is 0.336 e. The fourth-order valence-electron chi connectivity index (χ4n) is 4.02. The van der Waals surface area contributed by atoms with Crippen molar-refractivity contribution in [1.82, 2.24) is 0 Å². The number of carboxylic acids is 1. The summed E-state index contributed by atoms with van der Waals surface area (Å²) in [5, 5.41) is 24.3. The predicted octanol–water partition coefficient (Wildman–Crippen LogP) is 4.77. The number of hydrogen-bond acceptors (Lipinski definition) is 4. The molecule has 2 aliphatic rings. The Balaban J connectivity index is 1.86. The number of anilines is 1. The highest BCUT2D eigenvalue weighted by Gasteiger charge is 2.40. The van der Waals surface area contributed by atoms with Crippen molar-refractivity contribution in [2.75, 3.05) is 5.32 Å². The number of fused-ring (bicyclic) bond motifs is 3. The first-order valence-corrected chi connectivity index (χ1v) is 8.58. The smallest absolute Gasteiger partial charge is 0.336 e. The Morgan fingerprint density at radius 2 is 2.04 bits per heavy atom. The van der Waals surface area contributed by atoms with Crippen LogP contribution in [-0.4, -0.2) is 16.0 Å². The van der Waals surface area contributed by atoms with Crippen LogP contribution in [0.15, 0.2) is 48.6 Å². The van der Waals surface area contributed by atoms with Gasteiger partial charge in [-0.05, 0) is 29.5 Å². The molecule has 1 aliphatic carbocycles. The molecule has 0 unspecified atom stereocenters. The molecule has 1 heterocycles. The van der Waals surface area contributed by atoms with Crippen molar-refractivity contribution >= 4 is 28.9 Å². The van der Waals surface area contributed by atoms with E-state index in [4.69, 9.17) is 11.6 Å². The third kappa shape index (κ3) is 2.54. The minimum Gasteiger partial charge on any atom is -0.478 e. The second kappa shape index (κ2) is 6.14.